The molecule has 1 saturated heterocycles. The van der Waals surface area contributed by atoms with E-state index in [1.54, 1.807) is 19.1 Å². The summed E-state index contributed by atoms with van der Waals surface area (Å²) in [5.41, 5.74) is -0.265. The molecule has 1 unspecified atom stereocenters. The van der Waals surface area contributed by atoms with Gasteiger partial charge in [0.05, 0.1) is 28.7 Å². The Balaban J connectivity index is 2.33. The van der Waals surface area contributed by atoms with Crippen molar-refractivity contribution in [2.75, 3.05) is 6.61 Å². The van der Waals surface area contributed by atoms with Crippen molar-refractivity contribution in [2.24, 2.45) is 0 Å². The number of halogens is 2. The maximum absolute atomic E-state index is 13.6. The molecular formula is C17H23BBrFO4. The number of esters is 1. The number of hydrogen-bond acceptors (Lipinski definition) is 4. The van der Waals surface area contributed by atoms with Gasteiger partial charge in [-0.25, -0.2) is 4.39 Å². The van der Waals surface area contributed by atoms with Crippen molar-refractivity contribution in [3.63, 3.8) is 0 Å². The van der Waals surface area contributed by atoms with Gasteiger partial charge in [-0.15, -0.1) is 0 Å². The number of rotatable bonds is 5. The quantitative estimate of drug-likeness (QED) is 0.547. The van der Waals surface area contributed by atoms with E-state index < -0.39 is 18.3 Å². The summed E-state index contributed by atoms with van der Waals surface area (Å²) >= 11 is 3.19. The van der Waals surface area contributed by atoms with Gasteiger partial charge in [0.1, 0.15) is 5.82 Å². The second-order valence-corrected chi connectivity index (χ2v) is 7.77. The Hall–Kier alpha value is -0.915. The third kappa shape index (κ3) is 4.00. The summed E-state index contributed by atoms with van der Waals surface area (Å²) in [7, 11) is -0.614. The van der Waals surface area contributed by atoms with E-state index in [0.29, 0.717) is 11.1 Å². The second-order valence-electron chi connectivity index (χ2n) is 6.91. The molecule has 1 aromatic rings. The van der Waals surface area contributed by atoms with Crippen LogP contribution < -0.4 is 0 Å². The van der Waals surface area contributed by atoms with Crippen molar-refractivity contribution in [3.05, 3.63) is 34.1 Å². The van der Waals surface area contributed by atoms with Crippen LogP contribution in [0.15, 0.2) is 22.7 Å². The molecule has 0 saturated carbocycles. The topological polar surface area (TPSA) is 44.8 Å². The van der Waals surface area contributed by atoms with E-state index in [2.05, 4.69) is 15.9 Å². The van der Waals surface area contributed by atoms with Crippen molar-refractivity contribution in [1.29, 1.82) is 0 Å². The predicted molar refractivity (Wildman–Crippen MR) is 94.2 cm³/mol. The predicted octanol–water partition coefficient (Wildman–Crippen LogP) is 4.26. The Bertz CT molecular complexity index is 605. The molecule has 0 aliphatic carbocycles. The number of benzene rings is 1. The molecule has 0 radical (unpaired) electrons. The van der Waals surface area contributed by atoms with Crippen LogP contribution in [0.4, 0.5) is 4.39 Å². The average molecular weight is 401 g/mol. The second kappa shape index (κ2) is 7.14. The average Bonchev–Trinajstić information content (AvgIpc) is 2.68. The van der Waals surface area contributed by atoms with Crippen molar-refractivity contribution >= 4 is 29.0 Å². The van der Waals surface area contributed by atoms with E-state index in [1.807, 2.05) is 27.7 Å². The molecular weight excluding hydrogens is 378 g/mol. The number of carbonyl (C=O) groups excluding carboxylic acids is 1. The van der Waals surface area contributed by atoms with Gasteiger partial charge >= 0.3 is 13.1 Å². The van der Waals surface area contributed by atoms with Crippen molar-refractivity contribution in [1.82, 2.24) is 0 Å². The standard InChI is InChI=1S/C17H23BBrFO4/c1-6-22-15(21)10-12(11-7-8-14(20)13(19)9-11)18-23-16(2,3)17(4,5)24-18/h7-9,12H,6,10H2,1-5H3. The molecule has 24 heavy (non-hydrogen) atoms. The summed E-state index contributed by atoms with van der Waals surface area (Å²) in [6, 6.07) is 4.67. The van der Waals surface area contributed by atoms with Gasteiger partial charge in [-0.05, 0) is 68.2 Å². The first-order valence-corrected chi connectivity index (χ1v) is 8.83. The lowest BCUT2D eigenvalue weighted by Crippen LogP contribution is -2.41. The monoisotopic (exact) mass is 400 g/mol. The zero-order chi connectivity index (χ0) is 18.1. The van der Waals surface area contributed by atoms with Gasteiger partial charge in [-0.1, -0.05) is 6.07 Å². The van der Waals surface area contributed by atoms with Crippen LogP contribution in [0.5, 0.6) is 0 Å². The summed E-state index contributed by atoms with van der Waals surface area (Å²) in [5.74, 6) is -1.08. The van der Waals surface area contributed by atoms with Gasteiger partial charge < -0.3 is 14.0 Å². The Morgan fingerprint density at radius 1 is 1.29 bits per heavy atom. The molecule has 132 valence electrons. The summed E-state index contributed by atoms with van der Waals surface area (Å²) in [4.78, 5) is 12.0. The normalized spacial score (nSPS) is 20.0. The van der Waals surface area contributed by atoms with Crippen LogP contribution in [0.2, 0.25) is 0 Å². The van der Waals surface area contributed by atoms with Crippen LogP contribution in [0.3, 0.4) is 0 Å². The van der Waals surface area contributed by atoms with Crippen molar-refractivity contribution < 1.29 is 23.2 Å². The van der Waals surface area contributed by atoms with Gasteiger partial charge in [0, 0.05) is 5.82 Å². The smallest absolute Gasteiger partial charge is 0.466 e. The van der Waals surface area contributed by atoms with Crippen LogP contribution in [-0.4, -0.2) is 30.9 Å². The number of ether oxygens (including phenoxy) is 1. The first-order chi connectivity index (χ1) is 11.1. The maximum Gasteiger partial charge on any atom is 0.466 e. The van der Waals surface area contributed by atoms with Crippen molar-refractivity contribution in [2.45, 2.75) is 58.1 Å². The van der Waals surface area contributed by atoms with Gasteiger partial charge in [0.25, 0.3) is 0 Å². The molecule has 1 aromatic carbocycles. The Labute approximate surface area is 151 Å². The van der Waals surface area contributed by atoms with E-state index in [9.17, 15) is 9.18 Å². The molecule has 1 atom stereocenters. The molecule has 0 N–H and O–H groups in total. The first kappa shape index (κ1) is 19.4. The molecule has 2 rings (SSSR count). The first-order valence-electron chi connectivity index (χ1n) is 8.03. The Kier molecular flexibility index (Phi) is 5.77. The zero-order valence-corrected chi connectivity index (χ0v) is 16.3. The van der Waals surface area contributed by atoms with E-state index in [4.69, 9.17) is 14.0 Å². The SMILES string of the molecule is CCOC(=O)CC(B1OC(C)(C)C(C)(C)O1)c1ccc(F)c(Br)c1. The highest BCUT2D eigenvalue weighted by Gasteiger charge is 2.54. The highest BCUT2D eigenvalue weighted by atomic mass is 79.9. The zero-order valence-electron chi connectivity index (χ0n) is 14.7. The Morgan fingerprint density at radius 3 is 2.38 bits per heavy atom. The minimum Gasteiger partial charge on any atom is -0.466 e. The summed E-state index contributed by atoms with van der Waals surface area (Å²) in [6.07, 6.45) is 0.0999. The van der Waals surface area contributed by atoms with E-state index in [-0.39, 0.29) is 24.0 Å². The highest BCUT2D eigenvalue weighted by Crippen LogP contribution is 2.42. The number of hydrogen-bond donors (Lipinski definition) is 0. The summed E-state index contributed by atoms with van der Waals surface area (Å²) in [5, 5.41) is 0. The van der Waals surface area contributed by atoms with E-state index >= 15 is 0 Å². The molecule has 0 aromatic heterocycles. The van der Waals surface area contributed by atoms with Gasteiger partial charge in [0.2, 0.25) is 0 Å². The van der Waals surface area contributed by atoms with Crippen LogP contribution >= 0.6 is 15.9 Å². The fraction of sp³-hybridized carbons (Fsp3) is 0.588. The fourth-order valence-corrected chi connectivity index (χ4v) is 2.96. The van der Waals surface area contributed by atoms with Crippen LogP contribution in [-0.2, 0) is 18.8 Å². The minimum absolute atomic E-state index is 0.0999. The third-order valence-electron chi connectivity index (χ3n) is 4.66. The van der Waals surface area contributed by atoms with Gasteiger partial charge in [-0.3, -0.25) is 4.79 Å². The molecule has 1 aliphatic rings. The lowest BCUT2D eigenvalue weighted by molar-refractivity contribution is -0.143. The van der Waals surface area contributed by atoms with Crippen LogP contribution in [0.25, 0.3) is 0 Å². The summed E-state index contributed by atoms with van der Waals surface area (Å²) in [6.45, 7) is 9.88. The molecule has 1 aliphatic heterocycles. The minimum atomic E-state index is -0.614. The summed E-state index contributed by atoms with van der Waals surface area (Å²) < 4.78 is 31.2. The van der Waals surface area contributed by atoms with Gasteiger partial charge in [-0.2, -0.15) is 0 Å². The molecule has 0 amide bonds. The maximum atomic E-state index is 13.6. The third-order valence-corrected chi connectivity index (χ3v) is 5.27. The Morgan fingerprint density at radius 2 is 1.88 bits per heavy atom. The van der Waals surface area contributed by atoms with Crippen LogP contribution in [0.1, 0.15) is 52.4 Å². The van der Waals surface area contributed by atoms with Crippen molar-refractivity contribution in [3.8, 4) is 0 Å². The molecule has 0 bridgehead atoms. The molecule has 1 heterocycles. The lowest BCUT2D eigenvalue weighted by atomic mass is 9.66. The largest absolute Gasteiger partial charge is 0.466 e. The number of carbonyl (C=O) groups is 1. The van der Waals surface area contributed by atoms with Gasteiger partial charge in [0.15, 0.2) is 0 Å². The highest BCUT2D eigenvalue weighted by molar-refractivity contribution is 9.10. The van der Waals surface area contributed by atoms with Crippen LogP contribution in [0, 0.1) is 5.82 Å². The van der Waals surface area contributed by atoms with E-state index in [0.717, 1.165) is 5.56 Å². The molecule has 4 nitrogen and oxygen atoms in total. The molecule has 0 spiro atoms. The van der Waals surface area contributed by atoms with E-state index in [1.165, 1.54) is 6.07 Å². The lowest BCUT2D eigenvalue weighted by Gasteiger charge is -2.32. The molecule has 7 heteroatoms. The molecule has 1 fully saturated rings. The fourth-order valence-electron chi connectivity index (χ4n) is 2.57.